The van der Waals surface area contributed by atoms with Crippen molar-refractivity contribution in [1.82, 2.24) is 0 Å². The molecule has 0 aliphatic rings. The molecule has 0 fully saturated rings. The smallest absolute Gasteiger partial charge is 0.330 e. The van der Waals surface area contributed by atoms with E-state index in [1.165, 1.54) is 0 Å². The van der Waals surface area contributed by atoms with E-state index in [1.807, 2.05) is 0 Å². The molecule has 0 unspecified atom stereocenters. The Morgan fingerprint density at radius 3 is 2.29 bits per heavy atom. The molecule has 0 aliphatic heterocycles. The third kappa shape index (κ3) is 7.16. The highest BCUT2D eigenvalue weighted by Gasteiger charge is 2.40. The molecule has 0 aliphatic carbocycles. The summed E-state index contributed by atoms with van der Waals surface area (Å²) in [4.78, 5) is 0. The molecule has 0 heterocycles. The zero-order chi connectivity index (χ0) is 13.5. The van der Waals surface area contributed by atoms with Gasteiger partial charge in [-0.2, -0.15) is 14.0 Å². The number of unbranched alkanes of at least 4 members (excludes halogenated alkanes) is 1. The van der Waals surface area contributed by atoms with Crippen molar-refractivity contribution in [3.63, 3.8) is 0 Å². The van der Waals surface area contributed by atoms with Crippen LogP contribution in [0.25, 0.3) is 0 Å². The Kier molecular flexibility index (Phi) is 6.46. The first-order valence-electron chi connectivity index (χ1n) is 5.36. The van der Waals surface area contributed by atoms with Gasteiger partial charge in [-0.3, -0.25) is 0 Å². The zero-order valence-electron chi connectivity index (χ0n) is 9.98. The van der Waals surface area contributed by atoms with Gasteiger partial charge in [-0.1, -0.05) is 0 Å². The standard InChI is InChI=1S/C11H17F4NO/c1-10(2,7-16)5-3-4-6-17-8-11(14,15)9(12)13/h9H,3-6,8H2,1-2H3. The second-order valence-corrected chi connectivity index (χ2v) is 4.57. The minimum Gasteiger partial charge on any atom is -0.375 e. The van der Waals surface area contributed by atoms with E-state index in [4.69, 9.17) is 5.26 Å². The number of alkyl halides is 4. The van der Waals surface area contributed by atoms with Gasteiger partial charge in [0.05, 0.1) is 11.5 Å². The summed E-state index contributed by atoms with van der Waals surface area (Å²) >= 11 is 0. The summed E-state index contributed by atoms with van der Waals surface area (Å²) in [7, 11) is 0. The third-order valence-electron chi connectivity index (χ3n) is 2.26. The lowest BCUT2D eigenvalue weighted by atomic mass is 9.89. The van der Waals surface area contributed by atoms with Crippen LogP contribution in [0.3, 0.4) is 0 Å². The Morgan fingerprint density at radius 1 is 1.24 bits per heavy atom. The first kappa shape index (κ1) is 16.2. The summed E-state index contributed by atoms with van der Waals surface area (Å²) in [6.45, 7) is 2.30. The molecule has 0 rings (SSSR count). The predicted molar refractivity (Wildman–Crippen MR) is 55.0 cm³/mol. The summed E-state index contributed by atoms with van der Waals surface area (Å²) in [6.07, 6.45) is -1.96. The Labute approximate surface area is 98.6 Å². The van der Waals surface area contributed by atoms with E-state index in [1.54, 1.807) is 13.8 Å². The fraction of sp³-hybridized carbons (Fsp3) is 0.909. The van der Waals surface area contributed by atoms with Crippen molar-refractivity contribution in [1.29, 1.82) is 5.26 Å². The molecule has 0 aromatic rings. The highest BCUT2D eigenvalue weighted by Crippen LogP contribution is 2.24. The molecule has 0 N–H and O–H groups in total. The molecule has 0 aromatic heterocycles. The van der Waals surface area contributed by atoms with Crippen molar-refractivity contribution in [2.45, 2.75) is 45.5 Å². The van der Waals surface area contributed by atoms with Crippen LogP contribution < -0.4 is 0 Å². The fourth-order valence-electron chi connectivity index (χ4n) is 1.10. The van der Waals surface area contributed by atoms with E-state index in [9.17, 15) is 17.6 Å². The van der Waals surface area contributed by atoms with Gasteiger partial charge in [-0.15, -0.1) is 0 Å². The summed E-state index contributed by atoms with van der Waals surface area (Å²) in [5, 5.41) is 8.70. The summed E-state index contributed by atoms with van der Waals surface area (Å²) in [6, 6.07) is 2.11. The second kappa shape index (κ2) is 6.80. The number of nitrogens with zero attached hydrogens (tertiary/aromatic N) is 1. The van der Waals surface area contributed by atoms with E-state index in [2.05, 4.69) is 10.8 Å². The number of ether oxygens (including phenoxy) is 1. The highest BCUT2D eigenvalue weighted by molar-refractivity contribution is 4.91. The lowest BCUT2D eigenvalue weighted by Crippen LogP contribution is -2.32. The van der Waals surface area contributed by atoms with Crippen LogP contribution in [0.2, 0.25) is 0 Å². The monoisotopic (exact) mass is 255 g/mol. The van der Waals surface area contributed by atoms with Crippen LogP contribution in [0.5, 0.6) is 0 Å². The molecular weight excluding hydrogens is 238 g/mol. The molecule has 6 heteroatoms. The average molecular weight is 255 g/mol. The van der Waals surface area contributed by atoms with Crippen LogP contribution in [0.4, 0.5) is 17.6 Å². The van der Waals surface area contributed by atoms with Gasteiger partial charge < -0.3 is 4.74 Å². The number of nitriles is 1. The number of rotatable bonds is 8. The van der Waals surface area contributed by atoms with Crippen molar-refractivity contribution in [2.75, 3.05) is 13.2 Å². The Bertz CT molecular complexity index is 261. The van der Waals surface area contributed by atoms with Crippen LogP contribution in [-0.4, -0.2) is 25.6 Å². The van der Waals surface area contributed by atoms with Crippen LogP contribution in [0, 0.1) is 16.7 Å². The normalized spacial score (nSPS) is 12.8. The minimum absolute atomic E-state index is 0.00379. The zero-order valence-corrected chi connectivity index (χ0v) is 9.98. The molecule has 0 atom stereocenters. The molecule has 100 valence electrons. The molecule has 0 saturated heterocycles. The van der Waals surface area contributed by atoms with Gasteiger partial charge in [0.15, 0.2) is 0 Å². The quantitative estimate of drug-likeness (QED) is 0.490. The van der Waals surface area contributed by atoms with Gasteiger partial charge in [-0.05, 0) is 33.1 Å². The molecule has 2 nitrogen and oxygen atoms in total. The first-order valence-corrected chi connectivity index (χ1v) is 5.36. The molecule has 0 aromatic carbocycles. The van der Waals surface area contributed by atoms with Crippen LogP contribution >= 0.6 is 0 Å². The number of halogens is 4. The highest BCUT2D eigenvalue weighted by atomic mass is 19.3. The maximum atomic E-state index is 12.4. The molecule has 0 radical (unpaired) electrons. The molecule has 0 bridgehead atoms. The molecule has 0 spiro atoms. The van der Waals surface area contributed by atoms with Crippen molar-refractivity contribution in [3.8, 4) is 6.07 Å². The van der Waals surface area contributed by atoms with Gasteiger partial charge >= 0.3 is 12.3 Å². The van der Waals surface area contributed by atoms with E-state index >= 15 is 0 Å². The van der Waals surface area contributed by atoms with E-state index in [0.29, 0.717) is 19.3 Å². The summed E-state index contributed by atoms with van der Waals surface area (Å²) in [5.74, 6) is -4.08. The lowest BCUT2D eigenvalue weighted by Gasteiger charge is -2.16. The third-order valence-corrected chi connectivity index (χ3v) is 2.26. The Morgan fingerprint density at radius 2 is 1.82 bits per heavy atom. The summed E-state index contributed by atoms with van der Waals surface area (Å²) in [5.41, 5.74) is -0.451. The average Bonchev–Trinajstić information content (AvgIpc) is 2.23. The topological polar surface area (TPSA) is 33.0 Å². The van der Waals surface area contributed by atoms with E-state index in [-0.39, 0.29) is 6.61 Å². The van der Waals surface area contributed by atoms with Gasteiger partial charge in [0.1, 0.15) is 6.61 Å². The van der Waals surface area contributed by atoms with Crippen molar-refractivity contribution < 1.29 is 22.3 Å². The van der Waals surface area contributed by atoms with Crippen LogP contribution in [-0.2, 0) is 4.74 Å². The molecule has 17 heavy (non-hydrogen) atoms. The Hall–Kier alpha value is -0.830. The van der Waals surface area contributed by atoms with Gasteiger partial charge in [0.2, 0.25) is 0 Å². The molecule has 0 saturated carbocycles. The van der Waals surface area contributed by atoms with E-state index in [0.717, 1.165) is 0 Å². The number of hydrogen-bond donors (Lipinski definition) is 0. The summed E-state index contributed by atoms with van der Waals surface area (Å²) < 4.78 is 52.7. The van der Waals surface area contributed by atoms with Crippen molar-refractivity contribution in [3.05, 3.63) is 0 Å². The van der Waals surface area contributed by atoms with Crippen LogP contribution in [0.1, 0.15) is 33.1 Å². The number of hydrogen-bond acceptors (Lipinski definition) is 2. The van der Waals surface area contributed by atoms with Gasteiger partial charge in [0, 0.05) is 6.61 Å². The Balaban J connectivity index is 3.58. The van der Waals surface area contributed by atoms with Crippen molar-refractivity contribution in [2.24, 2.45) is 5.41 Å². The van der Waals surface area contributed by atoms with Crippen LogP contribution in [0.15, 0.2) is 0 Å². The SMILES string of the molecule is CC(C)(C#N)CCCCOCC(F)(F)C(F)F. The van der Waals surface area contributed by atoms with Crippen molar-refractivity contribution >= 4 is 0 Å². The largest absolute Gasteiger partial charge is 0.375 e. The predicted octanol–water partition coefficient (Wildman–Crippen LogP) is 3.62. The molecule has 0 amide bonds. The maximum absolute atomic E-state index is 12.4. The lowest BCUT2D eigenvalue weighted by molar-refractivity contribution is -0.165. The minimum atomic E-state index is -4.08. The molecular formula is C11H17F4NO. The van der Waals surface area contributed by atoms with Gasteiger partial charge in [-0.25, -0.2) is 8.78 Å². The first-order chi connectivity index (χ1) is 7.71. The maximum Gasteiger partial charge on any atom is 0.330 e. The second-order valence-electron chi connectivity index (χ2n) is 4.57. The van der Waals surface area contributed by atoms with Gasteiger partial charge in [0.25, 0.3) is 0 Å². The fourth-order valence-corrected chi connectivity index (χ4v) is 1.10. The van der Waals surface area contributed by atoms with E-state index < -0.39 is 24.4 Å².